The number of rotatable bonds is 3. The lowest BCUT2D eigenvalue weighted by atomic mass is 9.91. The largest absolute Gasteiger partial charge is 0.292 e. The Morgan fingerprint density at radius 1 is 1.00 bits per heavy atom. The third kappa shape index (κ3) is 2.20. The fraction of sp³-hybridized carbons (Fsp3) is 0.375. The minimum Gasteiger partial charge on any atom is -0.292 e. The van der Waals surface area contributed by atoms with Gasteiger partial charge in [-0.15, -0.1) is 0 Å². The number of likely N-dealkylation sites (tertiary alicyclic amines) is 1. The van der Waals surface area contributed by atoms with Crippen LogP contribution in [0.1, 0.15) is 30.9 Å². The highest BCUT2D eigenvalue weighted by atomic mass is 15.2. The van der Waals surface area contributed by atoms with Gasteiger partial charge in [0.05, 0.1) is 6.04 Å². The van der Waals surface area contributed by atoms with Gasteiger partial charge < -0.3 is 0 Å². The van der Waals surface area contributed by atoms with Gasteiger partial charge in [-0.05, 0) is 30.4 Å². The maximum Gasteiger partial charge on any atom is 0.0598 e. The molecule has 1 heterocycles. The van der Waals surface area contributed by atoms with Crippen molar-refractivity contribution in [1.29, 1.82) is 0 Å². The molecule has 0 amide bonds. The monoisotopic (exact) mass is 225 g/mol. The molecule has 3 rings (SSSR count). The van der Waals surface area contributed by atoms with Gasteiger partial charge in [0, 0.05) is 13.1 Å². The van der Waals surface area contributed by atoms with Gasteiger partial charge in [0.1, 0.15) is 0 Å². The highest BCUT2D eigenvalue weighted by molar-refractivity contribution is 5.36. The van der Waals surface area contributed by atoms with E-state index < -0.39 is 0 Å². The molecule has 0 radical (unpaired) electrons. The van der Waals surface area contributed by atoms with Crippen molar-refractivity contribution >= 4 is 0 Å². The number of allylic oxidation sites excluding steroid dienone is 2. The maximum absolute atomic E-state index is 2.58. The van der Waals surface area contributed by atoms with Gasteiger partial charge in [-0.2, -0.15) is 0 Å². The summed E-state index contributed by atoms with van der Waals surface area (Å²) in [6, 6.07) is 11.4. The minimum atomic E-state index is 0.487. The quantitative estimate of drug-likeness (QED) is 0.758. The normalized spacial score (nSPS) is 21.8. The molecule has 0 saturated carbocycles. The summed E-state index contributed by atoms with van der Waals surface area (Å²) in [5.74, 6) is 0. The Labute approximate surface area is 103 Å². The molecule has 1 aliphatic carbocycles. The van der Waals surface area contributed by atoms with Crippen LogP contribution < -0.4 is 0 Å². The fourth-order valence-electron chi connectivity index (χ4n) is 2.68. The van der Waals surface area contributed by atoms with E-state index in [1.165, 1.54) is 43.5 Å². The second kappa shape index (κ2) is 4.89. The molecule has 2 aliphatic rings. The Morgan fingerprint density at radius 3 is 2.41 bits per heavy atom. The van der Waals surface area contributed by atoms with E-state index in [0.717, 1.165) is 0 Å². The van der Waals surface area contributed by atoms with Crippen LogP contribution in [0.15, 0.2) is 54.1 Å². The van der Waals surface area contributed by atoms with Crippen molar-refractivity contribution in [2.45, 2.75) is 25.3 Å². The molecule has 1 saturated heterocycles. The van der Waals surface area contributed by atoms with Gasteiger partial charge in [0.15, 0.2) is 0 Å². The molecule has 17 heavy (non-hydrogen) atoms. The molecule has 1 aromatic carbocycles. The van der Waals surface area contributed by atoms with Gasteiger partial charge in [-0.25, -0.2) is 0 Å². The van der Waals surface area contributed by atoms with E-state index in [0.29, 0.717) is 6.04 Å². The number of benzene rings is 1. The van der Waals surface area contributed by atoms with Crippen molar-refractivity contribution < 1.29 is 0 Å². The van der Waals surface area contributed by atoms with Crippen molar-refractivity contribution in [2.75, 3.05) is 13.1 Å². The van der Waals surface area contributed by atoms with Crippen LogP contribution in [0.25, 0.3) is 0 Å². The minimum absolute atomic E-state index is 0.487. The Kier molecular flexibility index (Phi) is 3.10. The van der Waals surface area contributed by atoms with E-state index in [9.17, 15) is 0 Å². The smallest absolute Gasteiger partial charge is 0.0598 e. The summed E-state index contributed by atoms with van der Waals surface area (Å²) in [7, 11) is 0. The second-order valence-electron chi connectivity index (χ2n) is 4.89. The highest BCUT2D eigenvalue weighted by Gasteiger charge is 2.27. The number of nitrogens with zero attached hydrogens (tertiary/aromatic N) is 1. The van der Waals surface area contributed by atoms with Crippen molar-refractivity contribution in [3.63, 3.8) is 0 Å². The summed E-state index contributed by atoms with van der Waals surface area (Å²) in [5.41, 5.74) is 2.92. The van der Waals surface area contributed by atoms with Crippen LogP contribution in [-0.2, 0) is 0 Å². The number of hydrogen-bond donors (Lipinski definition) is 0. The zero-order valence-corrected chi connectivity index (χ0v) is 10.2. The molecule has 0 spiro atoms. The van der Waals surface area contributed by atoms with Gasteiger partial charge in [-0.3, -0.25) is 4.90 Å². The van der Waals surface area contributed by atoms with Crippen molar-refractivity contribution in [2.24, 2.45) is 0 Å². The standard InChI is InChI=1S/C16H19N/c1-3-8-14(9-4-1)16(17-12-7-13-17)15-10-5-2-6-11-15/h1,3-5,8-11,16H,2,6-7,12-13H2. The van der Waals surface area contributed by atoms with Gasteiger partial charge >= 0.3 is 0 Å². The summed E-state index contributed by atoms with van der Waals surface area (Å²) in [6.45, 7) is 2.48. The molecule has 1 aliphatic heterocycles. The molecular weight excluding hydrogens is 206 g/mol. The predicted octanol–water partition coefficient (Wildman–Crippen LogP) is 3.71. The SMILES string of the molecule is C1=CC(C(c2ccccc2)N2CCC2)=CCC1. The lowest BCUT2D eigenvalue weighted by molar-refractivity contribution is 0.139. The average Bonchev–Trinajstić information content (AvgIpc) is 2.36. The molecule has 1 aromatic rings. The first-order chi connectivity index (χ1) is 8.45. The lowest BCUT2D eigenvalue weighted by Gasteiger charge is -2.40. The Balaban J connectivity index is 1.91. The molecule has 0 N–H and O–H groups in total. The zero-order valence-electron chi connectivity index (χ0n) is 10.2. The van der Waals surface area contributed by atoms with E-state index in [1.54, 1.807) is 0 Å². The van der Waals surface area contributed by atoms with Crippen molar-refractivity contribution in [3.8, 4) is 0 Å². The molecule has 1 unspecified atom stereocenters. The van der Waals surface area contributed by atoms with Gasteiger partial charge in [-0.1, -0.05) is 48.6 Å². The second-order valence-corrected chi connectivity index (χ2v) is 4.89. The van der Waals surface area contributed by atoms with E-state index in [4.69, 9.17) is 0 Å². The van der Waals surface area contributed by atoms with E-state index in [1.807, 2.05) is 0 Å². The Hall–Kier alpha value is -1.34. The Bertz CT molecular complexity index is 426. The topological polar surface area (TPSA) is 3.24 Å². The van der Waals surface area contributed by atoms with Crippen LogP contribution in [0.4, 0.5) is 0 Å². The predicted molar refractivity (Wildman–Crippen MR) is 71.8 cm³/mol. The molecule has 88 valence electrons. The maximum atomic E-state index is 2.58. The third-order valence-corrected chi connectivity index (χ3v) is 3.71. The summed E-state index contributed by atoms with van der Waals surface area (Å²) < 4.78 is 0. The molecule has 1 heteroatoms. The summed E-state index contributed by atoms with van der Waals surface area (Å²) >= 11 is 0. The van der Waals surface area contributed by atoms with Gasteiger partial charge in [0.25, 0.3) is 0 Å². The molecule has 1 nitrogen and oxygen atoms in total. The van der Waals surface area contributed by atoms with Crippen LogP contribution in [-0.4, -0.2) is 18.0 Å². The van der Waals surface area contributed by atoms with E-state index in [2.05, 4.69) is 53.5 Å². The van der Waals surface area contributed by atoms with Crippen LogP contribution in [0.5, 0.6) is 0 Å². The number of hydrogen-bond acceptors (Lipinski definition) is 1. The average molecular weight is 225 g/mol. The van der Waals surface area contributed by atoms with E-state index in [-0.39, 0.29) is 0 Å². The summed E-state index contributed by atoms with van der Waals surface area (Å²) in [5, 5.41) is 0. The lowest BCUT2D eigenvalue weighted by Crippen LogP contribution is -2.40. The third-order valence-electron chi connectivity index (χ3n) is 3.71. The molecular formula is C16H19N. The van der Waals surface area contributed by atoms with Crippen LogP contribution in [0, 0.1) is 0 Å². The fourth-order valence-corrected chi connectivity index (χ4v) is 2.68. The summed E-state index contributed by atoms with van der Waals surface area (Å²) in [4.78, 5) is 2.58. The van der Waals surface area contributed by atoms with Crippen molar-refractivity contribution in [1.82, 2.24) is 4.90 Å². The first-order valence-corrected chi connectivity index (χ1v) is 6.61. The van der Waals surface area contributed by atoms with Crippen LogP contribution >= 0.6 is 0 Å². The summed E-state index contributed by atoms with van der Waals surface area (Å²) in [6.07, 6.45) is 10.8. The Morgan fingerprint density at radius 2 is 1.82 bits per heavy atom. The molecule has 0 aromatic heterocycles. The van der Waals surface area contributed by atoms with Crippen molar-refractivity contribution in [3.05, 3.63) is 59.7 Å². The van der Waals surface area contributed by atoms with E-state index >= 15 is 0 Å². The first kappa shape index (κ1) is 10.8. The molecule has 1 fully saturated rings. The van der Waals surface area contributed by atoms with Crippen LogP contribution in [0.2, 0.25) is 0 Å². The molecule has 0 bridgehead atoms. The van der Waals surface area contributed by atoms with Gasteiger partial charge in [0.2, 0.25) is 0 Å². The molecule has 1 atom stereocenters. The highest BCUT2D eigenvalue weighted by Crippen LogP contribution is 2.34. The van der Waals surface area contributed by atoms with Crippen LogP contribution in [0.3, 0.4) is 0 Å². The zero-order chi connectivity index (χ0) is 11.5. The first-order valence-electron chi connectivity index (χ1n) is 6.61.